The zero-order valence-corrected chi connectivity index (χ0v) is 9.01. The van der Waals surface area contributed by atoms with Crippen molar-refractivity contribution < 1.29 is 0 Å². The molecule has 0 aromatic carbocycles. The lowest BCUT2D eigenvalue weighted by molar-refractivity contribution is 0.297. The summed E-state index contributed by atoms with van der Waals surface area (Å²) in [5.74, 6) is 0. The van der Waals surface area contributed by atoms with E-state index >= 15 is 0 Å². The van der Waals surface area contributed by atoms with Gasteiger partial charge in [0, 0.05) is 0 Å². The van der Waals surface area contributed by atoms with Crippen LogP contribution in [0.4, 0.5) is 0 Å². The summed E-state index contributed by atoms with van der Waals surface area (Å²) in [6.45, 7) is 8.55. The molecular weight excluding hydrogens is 186 g/mol. The molecule has 0 aliphatic rings. The maximum absolute atomic E-state index is 3.83. The Morgan fingerprint density at radius 3 is 2.62 bits per heavy atom. The molecule has 0 saturated carbocycles. The van der Waals surface area contributed by atoms with E-state index in [1.807, 2.05) is 0 Å². The average Bonchev–Trinajstić information content (AvgIpc) is 2.59. The third kappa shape index (κ3) is 2.96. The summed E-state index contributed by atoms with van der Waals surface area (Å²) in [4.78, 5) is 2.34. The van der Waals surface area contributed by atoms with E-state index in [2.05, 4.69) is 46.3 Å². The molecule has 5 nitrogen and oxygen atoms in total. The molecule has 1 rings (SSSR count). The Morgan fingerprint density at radius 1 is 1.46 bits per heavy atom. The molecule has 1 N–H and O–H groups in total. The van der Waals surface area contributed by atoms with E-state index in [0.29, 0.717) is 5.37 Å². The first-order chi connectivity index (χ1) is 6.27. The van der Waals surface area contributed by atoms with E-state index < -0.39 is 0 Å². The fraction of sp³-hybridized carbons (Fsp3) is 0.857. The number of thioether (sulfide) groups is 1. The van der Waals surface area contributed by atoms with Crippen molar-refractivity contribution in [2.45, 2.75) is 31.3 Å². The van der Waals surface area contributed by atoms with Gasteiger partial charge in [0.05, 0.1) is 5.37 Å². The molecule has 1 aromatic rings. The molecule has 0 saturated heterocycles. The predicted molar refractivity (Wildman–Crippen MR) is 52.4 cm³/mol. The lowest BCUT2D eigenvalue weighted by Gasteiger charge is -2.24. The zero-order chi connectivity index (χ0) is 9.68. The van der Waals surface area contributed by atoms with Gasteiger partial charge in [0.25, 0.3) is 0 Å². The maximum atomic E-state index is 3.83. The lowest BCUT2D eigenvalue weighted by atomic mass is 10.5. The predicted octanol–water partition coefficient (Wildman–Crippen LogP) is 0.980. The molecule has 13 heavy (non-hydrogen) atoms. The summed E-state index contributed by atoms with van der Waals surface area (Å²) in [7, 11) is 0. The monoisotopic (exact) mass is 201 g/mol. The fourth-order valence-corrected chi connectivity index (χ4v) is 2.12. The van der Waals surface area contributed by atoms with Crippen LogP contribution in [-0.4, -0.2) is 44.0 Å². The van der Waals surface area contributed by atoms with E-state index in [0.717, 1.165) is 18.2 Å². The molecule has 1 heterocycles. The molecule has 0 radical (unpaired) electrons. The van der Waals surface area contributed by atoms with Gasteiger partial charge in [-0.2, -0.15) is 0 Å². The van der Waals surface area contributed by atoms with Crippen molar-refractivity contribution in [3.05, 3.63) is 0 Å². The van der Waals surface area contributed by atoms with E-state index in [9.17, 15) is 0 Å². The molecule has 1 aromatic heterocycles. The standard InChI is InChI=1S/C7H15N5S/c1-4-12(5-2)6(3)13-7-8-10-11-9-7/h6H,4-5H2,1-3H3,(H,8,9,10,11). The van der Waals surface area contributed by atoms with Crippen LogP contribution in [0.5, 0.6) is 0 Å². The van der Waals surface area contributed by atoms with Crippen molar-refractivity contribution in [3.8, 4) is 0 Å². The number of aromatic nitrogens is 4. The summed E-state index contributed by atoms with van der Waals surface area (Å²) in [5.41, 5.74) is 0. The van der Waals surface area contributed by atoms with Crippen molar-refractivity contribution in [1.82, 2.24) is 25.5 Å². The molecule has 0 amide bonds. The Morgan fingerprint density at radius 2 is 2.15 bits per heavy atom. The molecule has 6 heteroatoms. The van der Waals surface area contributed by atoms with Gasteiger partial charge in [-0.05, 0) is 30.4 Å². The molecule has 0 aliphatic carbocycles. The number of aromatic amines is 1. The van der Waals surface area contributed by atoms with Gasteiger partial charge >= 0.3 is 0 Å². The molecule has 74 valence electrons. The van der Waals surface area contributed by atoms with Crippen molar-refractivity contribution in [2.75, 3.05) is 13.1 Å². The molecule has 0 bridgehead atoms. The Balaban J connectivity index is 2.44. The first-order valence-electron chi connectivity index (χ1n) is 4.42. The largest absolute Gasteiger partial charge is 0.292 e. The molecular formula is C7H15N5S. The number of tetrazole rings is 1. The molecule has 0 spiro atoms. The normalized spacial score (nSPS) is 13.5. The fourth-order valence-electron chi connectivity index (χ4n) is 1.17. The summed E-state index contributed by atoms with van der Waals surface area (Å²) < 4.78 is 0. The molecule has 1 atom stereocenters. The maximum Gasteiger partial charge on any atom is 0.208 e. The highest BCUT2D eigenvalue weighted by molar-refractivity contribution is 7.99. The van der Waals surface area contributed by atoms with E-state index in [4.69, 9.17) is 0 Å². The molecule has 0 aliphatic heterocycles. The molecule has 1 unspecified atom stereocenters. The average molecular weight is 201 g/mol. The number of H-pyrrole nitrogens is 1. The Kier molecular flexibility index (Phi) is 4.17. The number of hydrogen-bond donors (Lipinski definition) is 1. The molecule has 0 fully saturated rings. The van der Waals surface area contributed by atoms with Crippen molar-refractivity contribution in [1.29, 1.82) is 0 Å². The van der Waals surface area contributed by atoms with Crippen LogP contribution < -0.4 is 0 Å². The van der Waals surface area contributed by atoms with Gasteiger partial charge < -0.3 is 0 Å². The second kappa shape index (κ2) is 5.18. The Labute approximate surface area is 82.3 Å². The third-order valence-electron chi connectivity index (χ3n) is 1.93. The highest BCUT2D eigenvalue weighted by Gasteiger charge is 2.12. The first-order valence-corrected chi connectivity index (χ1v) is 5.30. The van der Waals surface area contributed by atoms with E-state index in [1.165, 1.54) is 0 Å². The van der Waals surface area contributed by atoms with Gasteiger partial charge in [-0.15, -0.1) is 5.10 Å². The minimum absolute atomic E-state index is 0.407. The topological polar surface area (TPSA) is 57.7 Å². The van der Waals surface area contributed by atoms with Crippen LogP contribution in [0.15, 0.2) is 5.16 Å². The number of nitrogens with zero attached hydrogens (tertiary/aromatic N) is 4. The summed E-state index contributed by atoms with van der Waals surface area (Å²) >= 11 is 1.64. The highest BCUT2D eigenvalue weighted by atomic mass is 32.2. The van der Waals surface area contributed by atoms with Gasteiger partial charge in [0.1, 0.15) is 0 Å². The van der Waals surface area contributed by atoms with Crippen LogP contribution in [0.2, 0.25) is 0 Å². The number of nitrogens with one attached hydrogen (secondary N) is 1. The van der Waals surface area contributed by atoms with Crippen LogP contribution >= 0.6 is 11.8 Å². The van der Waals surface area contributed by atoms with Gasteiger partial charge in [0.2, 0.25) is 5.16 Å². The van der Waals surface area contributed by atoms with Gasteiger partial charge in [0.15, 0.2) is 0 Å². The minimum atomic E-state index is 0.407. The number of hydrogen-bond acceptors (Lipinski definition) is 5. The second-order valence-corrected chi connectivity index (χ2v) is 3.95. The van der Waals surface area contributed by atoms with Crippen LogP contribution in [0, 0.1) is 0 Å². The summed E-state index contributed by atoms with van der Waals surface area (Å²) in [5, 5.41) is 14.8. The minimum Gasteiger partial charge on any atom is -0.292 e. The van der Waals surface area contributed by atoms with Crippen LogP contribution in [0.25, 0.3) is 0 Å². The van der Waals surface area contributed by atoms with Gasteiger partial charge in [-0.3, -0.25) is 4.90 Å². The van der Waals surface area contributed by atoms with E-state index in [-0.39, 0.29) is 0 Å². The SMILES string of the molecule is CCN(CC)C(C)Sc1nnn[nH]1. The number of rotatable bonds is 5. The van der Waals surface area contributed by atoms with Crippen molar-refractivity contribution in [3.63, 3.8) is 0 Å². The summed E-state index contributed by atoms with van der Waals surface area (Å²) in [6.07, 6.45) is 0. The quantitative estimate of drug-likeness (QED) is 0.568. The van der Waals surface area contributed by atoms with Crippen molar-refractivity contribution in [2.24, 2.45) is 0 Å². The van der Waals surface area contributed by atoms with Crippen LogP contribution in [0.3, 0.4) is 0 Å². The van der Waals surface area contributed by atoms with Gasteiger partial charge in [-0.25, -0.2) is 5.10 Å². The second-order valence-electron chi connectivity index (χ2n) is 2.64. The highest BCUT2D eigenvalue weighted by Crippen LogP contribution is 2.20. The summed E-state index contributed by atoms with van der Waals surface area (Å²) in [6, 6.07) is 0. The van der Waals surface area contributed by atoms with Gasteiger partial charge in [-0.1, -0.05) is 25.6 Å². The zero-order valence-electron chi connectivity index (χ0n) is 8.19. The smallest absolute Gasteiger partial charge is 0.208 e. The lowest BCUT2D eigenvalue weighted by Crippen LogP contribution is -2.30. The Bertz CT molecular complexity index is 221. The third-order valence-corrected chi connectivity index (χ3v) is 2.97. The van der Waals surface area contributed by atoms with Crippen LogP contribution in [0.1, 0.15) is 20.8 Å². The van der Waals surface area contributed by atoms with E-state index in [1.54, 1.807) is 11.8 Å². The first kappa shape index (κ1) is 10.5. The van der Waals surface area contributed by atoms with Crippen molar-refractivity contribution >= 4 is 11.8 Å². The van der Waals surface area contributed by atoms with Crippen LogP contribution in [-0.2, 0) is 0 Å². The Hall–Kier alpha value is -0.620.